The van der Waals surface area contributed by atoms with Gasteiger partial charge in [-0.2, -0.15) is 0 Å². The number of amides is 3. The molecule has 7 nitrogen and oxygen atoms in total. The number of imide groups is 1. The monoisotopic (exact) mass is 444 g/mol. The first-order valence-corrected chi connectivity index (χ1v) is 11.0. The fraction of sp³-hybridized carbons (Fsp3) is 0.269. The van der Waals surface area contributed by atoms with Gasteiger partial charge in [0.15, 0.2) is 0 Å². The summed E-state index contributed by atoms with van der Waals surface area (Å²) in [6.45, 7) is 7.38. The second-order valence-corrected chi connectivity index (χ2v) is 8.71. The highest BCUT2D eigenvalue weighted by atomic mass is 16.2. The van der Waals surface area contributed by atoms with Gasteiger partial charge < -0.3 is 10.6 Å². The molecule has 2 heterocycles. The van der Waals surface area contributed by atoms with Gasteiger partial charge in [-0.05, 0) is 50.1 Å². The topological polar surface area (TPSA) is 81.8 Å². The van der Waals surface area contributed by atoms with E-state index in [0.717, 1.165) is 23.6 Å². The number of hydrogen-bond acceptors (Lipinski definition) is 5. The summed E-state index contributed by atoms with van der Waals surface area (Å²) in [4.78, 5) is 40.9. The molecular weight excluding hydrogens is 416 g/mol. The number of aryl methyl sites for hydroxylation is 1. The van der Waals surface area contributed by atoms with E-state index in [1.54, 1.807) is 0 Å². The number of nitrogens with zero attached hydrogens (tertiary/aromatic N) is 2. The highest BCUT2D eigenvalue weighted by Crippen LogP contribution is 2.24. The Morgan fingerprint density at radius 2 is 1.79 bits per heavy atom. The van der Waals surface area contributed by atoms with E-state index in [1.165, 1.54) is 17.2 Å². The van der Waals surface area contributed by atoms with E-state index >= 15 is 0 Å². The molecule has 1 unspecified atom stereocenters. The molecule has 2 aliphatic rings. The number of allylic oxidation sites excluding steroid dienone is 1. The third kappa shape index (κ3) is 5.21. The van der Waals surface area contributed by atoms with Crippen LogP contribution in [-0.4, -0.2) is 40.6 Å². The summed E-state index contributed by atoms with van der Waals surface area (Å²) in [6, 6.07) is 15.4. The van der Waals surface area contributed by atoms with Crippen molar-refractivity contribution in [1.82, 2.24) is 15.1 Å². The average Bonchev–Trinajstić information content (AvgIpc) is 3.01. The summed E-state index contributed by atoms with van der Waals surface area (Å²) in [5, 5.41) is 5.70. The molecule has 0 spiro atoms. The first-order chi connectivity index (χ1) is 15.8. The molecule has 0 aliphatic carbocycles. The van der Waals surface area contributed by atoms with Gasteiger partial charge in [0.2, 0.25) is 5.91 Å². The molecule has 3 amide bonds. The van der Waals surface area contributed by atoms with E-state index in [-0.39, 0.29) is 11.6 Å². The fourth-order valence-electron chi connectivity index (χ4n) is 4.27. The van der Waals surface area contributed by atoms with Crippen molar-refractivity contribution in [2.24, 2.45) is 0 Å². The molecule has 0 saturated carbocycles. The zero-order valence-electron chi connectivity index (χ0n) is 18.9. The molecule has 4 rings (SSSR count). The van der Waals surface area contributed by atoms with Gasteiger partial charge in [-0.3, -0.25) is 24.2 Å². The lowest BCUT2D eigenvalue weighted by Crippen LogP contribution is -2.52. The Hall–Kier alpha value is -3.71. The summed E-state index contributed by atoms with van der Waals surface area (Å²) >= 11 is 0. The lowest BCUT2D eigenvalue weighted by Gasteiger charge is -2.29. The van der Waals surface area contributed by atoms with Crippen LogP contribution in [0, 0.1) is 6.92 Å². The van der Waals surface area contributed by atoms with Gasteiger partial charge in [0.05, 0.1) is 0 Å². The van der Waals surface area contributed by atoms with Gasteiger partial charge in [0, 0.05) is 30.5 Å². The van der Waals surface area contributed by atoms with Gasteiger partial charge in [0.25, 0.3) is 11.8 Å². The first-order valence-electron chi connectivity index (χ1n) is 11.0. The fourth-order valence-corrected chi connectivity index (χ4v) is 4.27. The van der Waals surface area contributed by atoms with Crippen LogP contribution in [0.2, 0.25) is 0 Å². The molecule has 0 aromatic heterocycles. The van der Waals surface area contributed by atoms with Gasteiger partial charge in [-0.15, -0.1) is 0 Å². The third-order valence-corrected chi connectivity index (χ3v) is 5.78. The van der Waals surface area contributed by atoms with Crippen molar-refractivity contribution in [2.75, 3.05) is 12.4 Å². The van der Waals surface area contributed by atoms with Crippen molar-refractivity contribution in [3.05, 3.63) is 89.3 Å². The van der Waals surface area contributed by atoms with E-state index < -0.39 is 17.9 Å². The van der Waals surface area contributed by atoms with Crippen molar-refractivity contribution in [1.29, 1.82) is 0 Å². The molecular formula is C26H28N4O3. The second kappa shape index (κ2) is 9.42. The van der Waals surface area contributed by atoms with Gasteiger partial charge in [-0.1, -0.05) is 48.5 Å². The van der Waals surface area contributed by atoms with Gasteiger partial charge >= 0.3 is 0 Å². The van der Waals surface area contributed by atoms with Crippen molar-refractivity contribution in [2.45, 2.75) is 38.9 Å². The molecule has 2 aliphatic heterocycles. The predicted octanol–water partition coefficient (Wildman–Crippen LogP) is 3.08. The number of carbonyl (C=O) groups is 3. The molecule has 1 fully saturated rings. The molecule has 0 bridgehead atoms. The molecule has 33 heavy (non-hydrogen) atoms. The van der Waals surface area contributed by atoms with E-state index in [0.29, 0.717) is 24.2 Å². The zero-order chi connectivity index (χ0) is 23.5. The SMILES string of the molecule is C=C1CCC(N2C(=O)C=C(Nc3cccc(CN(C)Cc4cccc(C)c4)c3)C2=O)C(=O)N1. The molecule has 0 radical (unpaired) electrons. The van der Waals surface area contributed by atoms with Crippen LogP contribution < -0.4 is 10.6 Å². The molecule has 2 N–H and O–H groups in total. The second-order valence-electron chi connectivity index (χ2n) is 8.71. The Labute approximate surface area is 193 Å². The number of hydrogen-bond donors (Lipinski definition) is 2. The minimum atomic E-state index is -0.812. The van der Waals surface area contributed by atoms with Crippen molar-refractivity contribution in [3.8, 4) is 0 Å². The summed E-state index contributed by atoms with van der Waals surface area (Å²) in [7, 11) is 2.06. The van der Waals surface area contributed by atoms with E-state index in [2.05, 4.69) is 60.3 Å². The average molecular weight is 445 g/mol. The highest BCUT2D eigenvalue weighted by molar-refractivity contribution is 6.19. The maximum atomic E-state index is 12.9. The van der Waals surface area contributed by atoms with Crippen molar-refractivity contribution in [3.63, 3.8) is 0 Å². The molecule has 7 heteroatoms. The minimum Gasteiger partial charge on any atom is -0.351 e. The molecule has 2 aromatic carbocycles. The van der Waals surface area contributed by atoms with Crippen LogP contribution in [0.5, 0.6) is 0 Å². The number of piperidine rings is 1. The largest absolute Gasteiger partial charge is 0.351 e. The molecule has 1 saturated heterocycles. The molecule has 2 aromatic rings. The van der Waals surface area contributed by atoms with Crippen LogP contribution >= 0.6 is 0 Å². The third-order valence-electron chi connectivity index (χ3n) is 5.78. The number of benzene rings is 2. The van der Waals surface area contributed by atoms with E-state index in [1.807, 2.05) is 24.3 Å². The molecule has 1 atom stereocenters. The van der Waals surface area contributed by atoms with Crippen LogP contribution in [0.25, 0.3) is 0 Å². The number of nitrogens with one attached hydrogen (secondary N) is 2. The minimum absolute atomic E-state index is 0.169. The quantitative estimate of drug-likeness (QED) is 0.642. The van der Waals surface area contributed by atoms with Crippen LogP contribution in [0.3, 0.4) is 0 Å². The van der Waals surface area contributed by atoms with Crippen LogP contribution in [0.1, 0.15) is 29.5 Å². The number of rotatable bonds is 7. The Morgan fingerprint density at radius 3 is 2.48 bits per heavy atom. The lowest BCUT2D eigenvalue weighted by molar-refractivity contribution is -0.146. The Bertz CT molecular complexity index is 1150. The highest BCUT2D eigenvalue weighted by Gasteiger charge is 2.41. The maximum absolute atomic E-state index is 12.9. The Kier molecular flexibility index (Phi) is 6.42. The van der Waals surface area contributed by atoms with E-state index in [9.17, 15) is 14.4 Å². The Balaban J connectivity index is 1.40. The summed E-state index contributed by atoms with van der Waals surface area (Å²) in [6.07, 6.45) is 2.18. The smallest absolute Gasteiger partial charge is 0.278 e. The summed E-state index contributed by atoms with van der Waals surface area (Å²) < 4.78 is 0. The Morgan fingerprint density at radius 1 is 1.09 bits per heavy atom. The van der Waals surface area contributed by atoms with Crippen molar-refractivity contribution >= 4 is 23.4 Å². The van der Waals surface area contributed by atoms with Gasteiger partial charge in [-0.25, -0.2) is 0 Å². The standard InChI is InChI=1S/C26H28N4O3/c1-17-6-4-7-19(12-17)15-29(3)16-20-8-5-9-21(13-20)28-22-14-24(31)30(26(22)33)23-11-10-18(2)27-25(23)32/h4-9,12-14,23,28H,2,10-11,15-16H2,1,3H3,(H,27,32). The predicted molar refractivity (Wildman–Crippen MR) is 127 cm³/mol. The van der Waals surface area contributed by atoms with Crippen LogP contribution in [-0.2, 0) is 27.5 Å². The molecule has 170 valence electrons. The normalized spacial score (nSPS) is 18.6. The zero-order valence-corrected chi connectivity index (χ0v) is 18.9. The lowest BCUT2D eigenvalue weighted by atomic mass is 10.0. The summed E-state index contributed by atoms with van der Waals surface area (Å²) in [5.74, 6) is -1.35. The number of anilines is 1. The number of carbonyl (C=O) groups excluding carboxylic acids is 3. The van der Waals surface area contributed by atoms with Crippen molar-refractivity contribution < 1.29 is 14.4 Å². The first kappa shape index (κ1) is 22.5. The summed E-state index contributed by atoms with van der Waals surface area (Å²) in [5.41, 5.74) is 5.05. The van der Waals surface area contributed by atoms with Crippen LogP contribution in [0.15, 0.2) is 72.6 Å². The van der Waals surface area contributed by atoms with Gasteiger partial charge in [0.1, 0.15) is 11.7 Å². The van der Waals surface area contributed by atoms with E-state index in [4.69, 9.17) is 0 Å². The maximum Gasteiger partial charge on any atom is 0.278 e. The van der Waals surface area contributed by atoms with Crippen LogP contribution in [0.4, 0.5) is 5.69 Å².